The van der Waals surface area contributed by atoms with Crippen LogP contribution in [0.15, 0.2) is 77.4 Å². The Hall–Kier alpha value is -3.49. The van der Waals surface area contributed by atoms with Crippen molar-refractivity contribution in [1.29, 1.82) is 0 Å². The lowest BCUT2D eigenvalue weighted by Gasteiger charge is -2.28. The molecule has 1 aliphatic heterocycles. The Kier molecular flexibility index (Phi) is 6.88. The summed E-state index contributed by atoms with van der Waals surface area (Å²) in [5.74, 6) is -0.350. The number of rotatable bonds is 5. The van der Waals surface area contributed by atoms with Crippen LogP contribution in [-0.4, -0.2) is 27.7 Å². The van der Waals surface area contributed by atoms with Crippen molar-refractivity contribution in [2.45, 2.75) is 32.9 Å². The van der Waals surface area contributed by atoms with Crippen LogP contribution < -0.4 is 10.2 Å². The molecule has 0 amide bonds. The summed E-state index contributed by atoms with van der Waals surface area (Å²) in [6.45, 7) is 6.29. The number of aromatic nitrogens is 2. The lowest BCUT2D eigenvalue weighted by molar-refractivity contribution is 0.0600. The summed E-state index contributed by atoms with van der Waals surface area (Å²) in [5.41, 5.74) is 7.92. The van der Waals surface area contributed by atoms with E-state index in [4.69, 9.17) is 17.0 Å². The maximum atomic E-state index is 11.9. The monoisotopic (exact) mass is 574 g/mol. The highest BCUT2D eigenvalue weighted by atomic mass is 79.9. The van der Waals surface area contributed by atoms with Crippen LogP contribution in [0.25, 0.3) is 5.69 Å². The van der Waals surface area contributed by atoms with Crippen LogP contribution in [0.1, 0.15) is 50.7 Å². The van der Waals surface area contributed by atoms with Crippen molar-refractivity contribution in [1.82, 2.24) is 14.9 Å². The fourth-order valence-corrected chi connectivity index (χ4v) is 5.67. The molecule has 4 aromatic rings. The van der Waals surface area contributed by atoms with Gasteiger partial charge in [-0.2, -0.15) is 0 Å². The fraction of sp³-hybridized carbons (Fsp3) is 0.207. The molecule has 37 heavy (non-hydrogen) atoms. The predicted octanol–water partition coefficient (Wildman–Crippen LogP) is 6.52. The molecule has 0 unspecified atom stereocenters. The Labute approximate surface area is 230 Å². The van der Waals surface area contributed by atoms with Gasteiger partial charge in [-0.15, -0.1) is 0 Å². The highest BCUT2D eigenvalue weighted by Crippen LogP contribution is 2.44. The van der Waals surface area contributed by atoms with Gasteiger partial charge in [0.25, 0.3) is 0 Å². The molecule has 0 aliphatic carbocycles. The van der Waals surface area contributed by atoms with Crippen LogP contribution in [0.5, 0.6) is 0 Å². The topological polar surface area (TPSA) is 59.4 Å². The van der Waals surface area contributed by atoms with E-state index in [2.05, 4.69) is 80.7 Å². The highest BCUT2D eigenvalue weighted by Gasteiger charge is 2.42. The smallest absolute Gasteiger partial charge is 0.337 e. The lowest BCUT2D eigenvalue weighted by Crippen LogP contribution is -2.29. The molecule has 188 valence electrons. The van der Waals surface area contributed by atoms with Gasteiger partial charge in [-0.05, 0) is 105 Å². The minimum atomic E-state index is -0.350. The van der Waals surface area contributed by atoms with Crippen LogP contribution in [0.2, 0.25) is 0 Å². The molecule has 1 aliphatic rings. The summed E-state index contributed by atoms with van der Waals surface area (Å²) < 4.78 is 8.12. The summed E-state index contributed by atoms with van der Waals surface area (Å²) >= 11 is 9.53. The van der Waals surface area contributed by atoms with Crippen molar-refractivity contribution in [2.75, 3.05) is 12.0 Å². The molecular weight excluding hydrogens is 548 g/mol. The summed E-state index contributed by atoms with van der Waals surface area (Å²) in [7, 11) is 1.39. The minimum Gasteiger partial charge on any atom is -0.465 e. The normalized spacial score (nSPS) is 17.1. The van der Waals surface area contributed by atoms with Gasteiger partial charge in [0.2, 0.25) is 0 Å². The molecule has 2 aromatic carbocycles. The second-order valence-electron chi connectivity index (χ2n) is 9.13. The summed E-state index contributed by atoms with van der Waals surface area (Å²) in [6.07, 6.45) is 1.82. The number of nitrogens with one attached hydrogen (secondary N) is 1. The number of hydrogen-bond donors (Lipinski definition) is 1. The van der Waals surface area contributed by atoms with Gasteiger partial charge in [0, 0.05) is 33.4 Å². The van der Waals surface area contributed by atoms with E-state index in [9.17, 15) is 4.79 Å². The molecule has 6 nitrogen and oxygen atoms in total. The SMILES string of the molecule is COC(=O)c1ccc(-n2c(C)cc([C@H]3[C@@H](c4ccccn4)NC(=S)N3c3ccc(Br)c(C)c3)c2C)cc1. The maximum absolute atomic E-state index is 11.9. The van der Waals surface area contributed by atoms with Gasteiger partial charge in [-0.25, -0.2) is 4.79 Å². The number of carbonyl (C=O) groups excluding carboxylic acids is 1. The molecule has 0 spiro atoms. The molecule has 5 rings (SSSR count). The number of methoxy groups -OCH3 is 1. The number of pyridine rings is 1. The first-order valence-electron chi connectivity index (χ1n) is 11.9. The van der Waals surface area contributed by atoms with Gasteiger partial charge in [-0.1, -0.05) is 22.0 Å². The molecule has 1 saturated heterocycles. The highest BCUT2D eigenvalue weighted by molar-refractivity contribution is 9.10. The van der Waals surface area contributed by atoms with Crippen LogP contribution in [-0.2, 0) is 4.74 Å². The second-order valence-corrected chi connectivity index (χ2v) is 10.4. The Morgan fingerprint density at radius 1 is 1.03 bits per heavy atom. The minimum absolute atomic E-state index is 0.114. The molecule has 0 radical (unpaired) electrons. The van der Waals surface area contributed by atoms with E-state index in [0.717, 1.165) is 44.1 Å². The standard InChI is InChI=1S/C29H27BrN4O2S/c1-17-15-22(12-13-24(17)30)34-27(26(32-29(34)37)25-7-5-6-14-31-25)23-16-18(2)33(19(23)3)21-10-8-20(9-11-21)28(35)36-4/h5-16,26-27H,1-4H3,(H,32,37)/t26-,27+/m1/s1. The second kappa shape index (κ2) is 10.1. The fourth-order valence-electron chi connectivity index (χ4n) is 5.08. The molecule has 2 aromatic heterocycles. The number of thiocarbonyl (C=S) groups is 1. The first kappa shape index (κ1) is 25.2. The summed E-state index contributed by atoms with van der Waals surface area (Å²) in [5, 5.41) is 4.21. The van der Waals surface area contributed by atoms with E-state index >= 15 is 0 Å². The van der Waals surface area contributed by atoms with E-state index < -0.39 is 0 Å². The van der Waals surface area contributed by atoms with Crippen LogP contribution in [0.4, 0.5) is 5.69 Å². The number of halogens is 1. The summed E-state index contributed by atoms with van der Waals surface area (Å²) in [4.78, 5) is 18.8. The van der Waals surface area contributed by atoms with E-state index in [1.165, 1.54) is 7.11 Å². The average molecular weight is 576 g/mol. The number of hydrogen-bond acceptors (Lipinski definition) is 4. The Morgan fingerprint density at radius 2 is 1.76 bits per heavy atom. The zero-order valence-corrected chi connectivity index (χ0v) is 23.4. The van der Waals surface area contributed by atoms with Crippen LogP contribution in [0, 0.1) is 20.8 Å². The van der Waals surface area contributed by atoms with Crippen molar-refractivity contribution in [3.8, 4) is 5.69 Å². The van der Waals surface area contributed by atoms with Gasteiger partial charge in [-0.3, -0.25) is 4.98 Å². The van der Waals surface area contributed by atoms with Gasteiger partial charge in [0.15, 0.2) is 5.11 Å². The van der Waals surface area contributed by atoms with Crippen LogP contribution >= 0.6 is 28.1 Å². The molecule has 0 saturated carbocycles. The van der Waals surface area contributed by atoms with E-state index in [1.54, 1.807) is 12.1 Å². The maximum Gasteiger partial charge on any atom is 0.337 e. The number of carbonyl (C=O) groups is 1. The van der Waals surface area contributed by atoms with E-state index in [-0.39, 0.29) is 18.1 Å². The van der Waals surface area contributed by atoms with Crippen LogP contribution in [0.3, 0.4) is 0 Å². The number of benzene rings is 2. The molecule has 3 heterocycles. The zero-order chi connectivity index (χ0) is 26.3. The van der Waals surface area contributed by atoms with Gasteiger partial charge >= 0.3 is 5.97 Å². The largest absolute Gasteiger partial charge is 0.465 e. The Morgan fingerprint density at radius 3 is 2.41 bits per heavy atom. The molecule has 1 fully saturated rings. The third-order valence-corrected chi connectivity index (χ3v) is 8.06. The third-order valence-electron chi connectivity index (χ3n) is 6.85. The Bertz CT molecular complexity index is 1480. The quantitative estimate of drug-likeness (QED) is 0.216. The molecule has 2 atom stereocenters. The third kappa shape index (κ3) is 4.55. The van der Waals surface area contributed by atoms with Gasteiger partial charge in [0.1, 0.15) is 0 Å². The molecule has 8 heteroatoms. The predicted molar refractivity (Wildman–Crippen MR) is 153 cm³/mol. The van der Waals surface area contributed by atoms with Gasteiger partial charge < -0.3 is 19.5 Å². The van der Waals surface area contributed by atoms with Crippen molar-refractivity contribution in [3.05, 3.63) is 111 Å². The van der Waals surface area contributed by atoms with Crippen molar-refractivity contribution in [3.63, 3.8) is 0 Å². The van der Waals surface area contributed by atoms with Crippen molar-refractivity contribution in [2.24, 2.45) is 0 Å². The molecular formula is C29H27BrN4O2S. The number of nitrogens with zero attached hydrogens (tertiary/aromatic N) is 3. The molecule has 0 bridgehead atoms. The number of anilines is 1. The lowest BCUT2D eigenvalue weighted by atomic mass is 9.96. The summed E-state index contributed by atoms with van der Waals surface area (Å²) in [6, 6.07) is 21.7. The average Bonchev–Trinajstić information content (AvgIpc) is 3.40. The first-order valence-corrected chi connectivity index (χ1v) is 13.1. The van der Waals surface area contributed by atoms with Crippen molar-refractivity contribution >= 4 is 44.9 Å². The van der Waals surface area contributed by atoms with E-state index in [1.807, 2.05) is 36.5 Å². The van der Waals surface area contributed by atoms with Gasteiger partial charge in [0.05, 0.1) is 30.5 Å². The zero-order valence-electron chi connectivity index (χ0n) is 21.0. The number of esters is 1. The Balaban J connectivity index is 1.64. The number of ether oxygens (including phenoxy) is 1. The first-order chi connectivity index (χ1) is 17.8. The molecule has 1 N–H and O–H groups in total. The van der Waals surface area contributed by atoms with E-state index in [0.29, 0.717) is 10.7 Å². The van der Waals surface area contributed by atoms with Crippen molar-refractivity contribution < 1.29 is 9.53 Å². The number of aryl methyl sites for hydroxylation is 2.